The number of aromatic nitrogens is 3. The van der Waals surface area contributed by atoms with Crippen molar-refractivity contribution in [2.75, 3.05) is 0 Å². The van der Waals surface area contributed by atoms with Crippen LogP contribution in [0.25, 0.3) is 30.5 Å². The molecule has 0 aliphatic carbocycles. The molecular formula is C13H7N3Se. The molecule has 0 aliphatic rings. The van der Waals surface area contributed by atoms with Crippen LogP contribution >= 0.6 is 0 Å². The van der Waals surface area contributed by atoms with Crippen LogP contribution in [0.1, 0.15) is 0 Å². The topological polar surface area (TPSA) is 38.7 Å². The second-order valence-corrected chi connectivity index (χ2v) is 6.03. The first-order chi connectivity index (χ1) is 8.42. The van der Waals surface area contributed by atoms with Crippen LogP contribution < -0.4 is 0 Å². The van der Waals surface area contributed by atoms with Gasteiger partial charge in [-0.15, -0.1) is 0 Å². The van der Waals surface area contributed by atoms with E-state index in [0.717, 1.165) is 11.0 Å². The number of hydrogen-bond donors (Lipinski definition) is 0. The molecule has 0 radical (unpaired) electrons. The number of benzene rings is 1. The number of hydrogen-bond acceptors (Lipinski definition) is 3. The minimum absolute atomic E-state index is 0.246. The molecule has 0 amide bonds. The Kier molecular flexibility index (Phi) is 1.83. The van der Waals surface area contributed by atoms with Gasteiger partial charge in [-0.25, -0.2) is 0 Å². The molecule has 0 aliphatic heterocycles. The predicted molar refractivity (Wildman–Crippen MR) is 69.3 cm³/mol. The summed E-state index contributed by atoms with van der Waals surface area (Å²) in [6.45, 7) is 0. The van der Waals surface area contributed by atoms with E-state index in [9.17, 15) is 0 Å². The molecule has 17 heavy (non-hydrogen) atoms. The Morgan fingerprint density at radius 1 is 1.12 bits per heavy atom. The van der Waals surface area contributed by atoms with E-state index in [1.54, 1.807) is 6.33 Å². The van der Waals surface area contributed by atoms with E-state index in [1.165, 1.54) is 19.4 Å². The Morgan fingerprint density at radius 2 is 2.06 bits per heavy atom. The molecule has 4 heteroatoms. The van der Waals surface area contributed by atoms with Gasteiger partial charge in [0, 0.05) is 0 Å². The van der Waals surface area contributed by atoms with Crippen molar-refractivity contribution in [1.29, 1.82) is 0 Å². The third kappa shape index (κ3) is 1.31. The molecule has 4 aromatic rings. The summed E-state index contributed by atoms with van der Waals surface area (Å²) in [6, 6.07) is 10.4. The van der Waals surface area contributed by atoms with Crippen LogP contribution in [0, 0.1) is 0 Å². The van der Waals surface area contributed by atoms with Crippen molar-refractivity contribution < 1.29 is 0 Å². The zero-order valence-corrected chi connectivity index (χ0v) is 10.5. The monoisotopic (exact) mass is 285 g/mol. The van der Waals surface area contributed by atoms with E-state index in [2.05, 4.69) is 28.2 Å². The van der Waals surface area contributed by atoms with Gasteiger partial charge in [-0.1, -0.05) is 0 Å². The van der Waals surface area contributed by atoms with Gasteiger partial charge >= 0.3 is 103 Å². The summed E-state index contributed by atoms with van der Waals surface area (Å²) in [4.78, 5) is 13.2. The van der Waals surface area contributed by atoms with Crippen LogP contribution in [0.2, 0.25) is 0 Å². The Morgan fingerprint density at radius 3 is 3.06 bits per heavy atom. The first-order valence-corrected chi connectivity index (χ1v) is 7.01. The first-order valence-electron chi connectivity index (χ1n) is 5.30. The third-order valence-electron chi connectivity index (χ3n) is 2.83. The van der Waals surface area contributed by atoms with Gasteiger partial charge < -0.3 is 0 Å². The normalized spacial score (nSPS) is 11.5. The maximum absolute atomic E-state index is 4.73. The summed E-state index contributed by atoms with van der Waals surface area (Å²) in [5.41, 5.74) is 2.13. The van der Waals surface area contributed by atoms with E-state index in [1.807, 2.05) is 18.3 Å². The van der Waals surface area contributed by atoms with Crippen LogP contribution in [-0.4, -0.2) is 29.5 Å². The van der Waals surface area contributed by atoms with E-state index in [0.29, 0.717) is 0 Å². The van der Waals surface area contributed by atoms with E-state index < -0.39 is 0 Å². The summed E-state index contributed by atoms with van der Waals surface area (Å²) < 4.78 is 2.41. The molecule has 3 heterocycles. The second kappa shape index (κ2) is 3.36. The molecule has 80 valence electrons. The van der Waals surface area contributed by atoms with Crippen LogP contribution in [0.4, 0.5) is 0 Å². The van der Waals surface area contributed by atoms with Crippen molar-refractivity contribution in [3.05, 3.63) is 42.9 Å². The number of pyridine rings is 1. The molecule has 0 saturated carbocycles. The summed E-state index contributed by atoms with van der Waals surface area (Å²) >= 11 is 0.246. The molecule has 0 N–H and O–H groups in total. The van der Waals surface area contributed by atoms with Crippen molar-refractivity contribution in [3.8, 4) is 0 Å². The zero-order chi connectivity index (χ0) is 11.2. The molecule has 4 rings (SSSR count). The first kappa shape index (κ1) is 9.28. The molecule has 3 aromatic heterocycles. The third-order valence-corrected chi connectivity index (χ3v) is 4.98. The van der Waals surface area contributed by atoms with Gasteiger partial charge in [0.05, 0.1) is 0 Å². The SMILES string of the molecule is c1ccc2nc3[se]c4cncnc4c3cc2c1. The average Bonchev–Trinajstić information content (AvgIpc) is 2.73. The molecular weight excluding hydrogens is 277 g/mol. The summed E-state index contributed by atoms with van der Waals surface area (Å²) in [5, 5.41) is 2.36. The standard InChI is InChI=1S/C13H7N3Se/c1-2-4-10-8(3-1)5-9-12-11(6-14-7-15-12)17-13(9)16-10/h1-7H. The van der Waals surface area contributed by atoms with E-state index in [4.69, 9.17) is 4.98 Å². The molecule has 1 aromatic carbocycles. The van der Waals surface area contributed by atoms with E-state index in [-0.39, 0.29) is 14.5 Å². The Hall–Kier alpha value is -1.77. The summed E-state index contributed by atoms with van der Waals surface area (Å²) in [6.07, 6.45) is 3.52. The van der Waals surface area contributed by atoms with Crippen molar-refractivity contribution in [2.24, 2.45) is 0 Å². The molecule has 0 bridgehead atoms. The number of nitrogens with zero attached hydrogens (tertiary/aromatic N) is 3. The quantitative estimate of drug-likeness (QED) is 0.465. The average molecular weight is 284 g/mol. The maximum atomic E-state index is 4.73. The van der Waals surface area contributed by atoms with Gasteiger partial charge in [0.2, 0.25) is 0 Å². The molecule has 0 spiro atoms. The number of para-hydroxylation sites is 1. The van der Waals surface area contributed by atoms with Gasteiger partial charge in [0.15, 0.2) is 0 Å². The van der Waals surface area contributed by atoms with Crippen LogP contribution in [0.15, 0.2) is 42.9 Å². The molecule has 0 saturated heterocycles. The van der Waals surface area contributed by atoms with Crippen molar-refractivity contribution in [3.63, 3.8) is 0 Å². The number of fused-ring (bicyclic) bond motifs is 4. The second-order valence-electron chi connectivity index (χ2n) is 3.87. The predicted octanol–water partition coefficient (Wildman–Crippen LogP) is 2.39. The fraction of sp³-hybridized carbons (Fsp3) is 0. The van der Waals surface area contributed by atoms with Crippen molar-refractivity contribution in [2.45, 2.75) is 0 Å². The Balaban J connectivity index is 2.28. The molecule has 0 unspecified atom stereocenters. The molecule has 3 nitrogen and oxygen atoms in total. The fourth-order valence-electron chi connectivity index (χ4n) is 2.04. The van der Waals surface area contributed by atoms with Crippen molar-refractivity contribution in [1.82, 2.24) is 15.0 Å². The molecule has 0 fully saturated rings. The van der Waals surface area contributed by atoms with Crippen molar-refractivity contribution >= 4 is 45.0 Å². The van der Waals surface area contributed by atoms with Crippen LogP contribution in [-0.2, 0) is 0 Å². The fourth-order valence-corrected chi connectivity index (χ4v) is 4.12. The number of rotatable bonds is 0. The molecule has 0 atom stereocenters. The summed E-state index contributed by atoms with van der Waals surface area (Å²) in [5.74, 6) is 0. The van der Waals surface area contributed by atoms with Gasteiger partial charge in [-0.3, -0.25) is 0 Å². The van der Waals surface area contributed by atoms with Crippen LogP contribution in [0.3, 0.4) is 0 Å². The van der Waals surface area contributed by atoms with Gasteiger partial charge in [-0.2, -0.15) is 0 Å². The van der Waals surface area contributed by atoms with Gasteiger partial charge in [-0.05, 0) is 0 Å². The zero-order valence-electron chi connectivity index (χ0n) is 8.79. The Bertz CT molecular complexity index is 845. The van der Waals surface area contributed by atoms with Gasteiger partial charge in [0.25, 0.3) is 0 Å². The van der Waals surface area contributed by atoms with Crippen LogP contribution in [0.5, 0.6) is 0 Å². The summed E-state index contributed by atoms with van der Waals surface area (Å²) in [7, 11) is 0. The van der Waals surface area contributed by atoms with Gasteiger partial charge in [0.1, 0.15) is 0 Å². The minimum atomic E-state index is 0.246. The Labute approximate surface area is 103 Å². The van der Waals surface area contributed by atoms with E-state index >= 15 is 0 Å².